The fourth-order valence-corrected chi connectivity index (χ4v) is 2.54. The van der Waals surface area contributed by atoms with Crippen LogP contribution in [0.15, 0.2) is 4.42 Å². The second kappa shape index (κ2) is 6.54. The third-order valence-electron chi connectivity index (χ3n) is 3.51. The highest BCUT2D eigenvalue weighted by atomic mass is 16.5. The van der Waals surface area contributed by atoms with Crippen molar-refractivity contribution in [2.45, 2.75) is 39.5 Å². The summed E-state index contributed by atoms with van der Waals surface area (Å²) in [6, 6.07) is 0.286. The first kappa shape index (κ1) is 13.8. The van der Waals surface area contributed by atoms with Crippen molar-refractivity contribution in [3.05, 3.63) is 5.89 Å². The number of aromatic nitrogens is 2. The molecule has 0 amide bonds. The summed E-state index contributed by atoms with van der Waals surface area (Å²) in [7, 11) is 0. The molecule has 1 heterocycles. The topological polar surface area (TPSA) is 77.2 Å². The largest absolute Gasteiger partial charge is 0.459 e. The molecule has 1 aliphatic carbocycles. The van der Waals surface area contributed by atoms with Crippen LogP contribution in [0.25, 0.3) is 0 Å². The lowest BCUT2D eigenvalue weighted by Crippen LogP contribution is -2.07. The molecule has 1 aromatic heterocycles. The van der Waals surface area contributed by atoms with Gasteiger partial charge in [0.15, 0.2) is 0 Å². The number of anilines is 1. The van der Waals surface area contributed by atoms with E-state index in [1.165, 1.54) is 19.3 Å². The number of esters is 1. The molecule has 6 nitrogen and oxygen atoms in total. The minimum atomic E-state index is -0.576. The first-order valence-corrected chi connectivity index (χ1v) is 6.93. The number of rotatable bonds is 6. The molecule has 0 saturated heterocycles. The molecule has 6 heteroatoms. The van der Waals surface area contributed by atoms with Crippen LogP contribution in [0, 0.1) is 11.8 Å². The zero-order valence-electron chi connectivity index (χ0n) is 11.5. The number of nitrogens with one attached hydrogen (secondary N) is 1. The van der Waals surface area contributed by atoms with E-state index in [-0.39, 0.29) is 11.9 Å². The van der Waals surface area contributed by atoms with Gasteiger partial charge in [0.1, 0.15) is 0 Å². The molecule has 0 spiro atoms. The number of nitrogens with zero attached hydrogens (tertiary/aromatic N) is 2. The number of hydrogen-bond donors (Lipinski definition) is 1. The first-order valence-electron chi connectivity index (χ1n) is 6.93. The van der Waals surface area contributed by atoms with E-state index >= 15 is 0 Å². The summed E-state index contributed by atoms with van der Waals surface area (Å²) in [5.74, 6) is 0.963. The average molecular weight is 267 g/mol. The maximum atomic E-state index is 11.3. The van der Waals surface area contributed by atoms with Crippen LogP contribution in [0.3, 0.4) is 0 Å². The van der Waals surface area contributed by atoms with E-state index in [0.717, 1.165) is 24.8 Å². The number of ether oxygens (including phenoxy) is 1. The summed E-state index contributed by atoms with van der Waals surface area (Å²) < 4.78 is 9.95. The predicted octanol–water partition coefficient (Wildman–Crippen LogP) is 2.48. The van der Waals surface area contributed by atoms with Gasteiger partial charge in [-0.05, 0) is 31.6 Å². The van der Waals surface area contributed by atoms with Crippen LogP contribution in [0.5, 0.6) is 0 Å². The second-order valence-corrected chi connectivity index (χ2v) is 5.13. The highest BCUT2D eigenvalue weighted by molar-refractivity contribution is 5.84. The molecule has 1 saturated carbocycles. The molecule has 0 radical (unpaired) electrons. The molecule has 2 unspecified atom stereocenters. The monoisotopic (exact) mass is 267 g/mol. The maximum absolute atomic E-state index is 11.3. The summed E-state index contributed by atoms with van der Waals surface area (Å²) in [6.07, 6.45) is 5.04. The molecule has 1 aliphatic rings. The van der Waals surface area contributed by atoms with Gasteiger partial charge in [-0.1, -0.05) is 30.0 Å². The third kappa shape index (κ3) is 3.94. The van der Waals surface area contributed by atoms with Gasteiger partial charge in [0, 0.05) is 6.54 Å². The van der Waals surface area contributed by atoms with Crippen LogP contribution in [0.4, 0.5) is 6.01 Å². The molecule has 19 heavy (non-hydrogen) atoms. The van der Waals surface area contributed by atoms with Crippen LogP contribution in [0.2, 0.25) is 0 Å². The Balaban J connectivity index is 1.73. The first-order chi connectivity index (χ1) is 9.19. The molecule has 0 aromatic carbocycles. The smallest absolute Gasteiger partial charge is 0.396 e. The minimum absolute atomic E-state index is 0.0983. The Hall–Kier alpha value is -1.59. The molecule has 1 aromatic rings. The average Bonchev–Trinajstić information content (AvgIpc) is 2.99. The number of carbonyl (C=O) groups is 1. The van der Waals surface area contributed by atoms with Gasteiger partial charge in [0.05, 0.1) is 6.61 Å². The van der Waals surface area contributed by atoms with Crippen LogP contribution in [-0.4, -0.2) is 29.3 Å². The lowest BCUT2D eigenvalue weighted by atomic mass is 10.0. The minimum Gasteiger partial charge on any atom is -0.459 e. The molecular weight excluding hydrogens is 246 g/mol. The Bertz CT molecular complexity index is 419. The van der Waals surface area contributed by atoms with Gasteiger partial charge in [-0.2, -0.15) is 0 Å². The molecule has 2 rings (SSSR count). The van der Waals surface area contributed by atoms with Crippen molar-refractivity contribution in [2.75, 3.05) is 18.5 Å². The third-order valence-corrected chi connectivity index (χ3v) is 3.51. The summed E-state index contributed by atoms with van der Waals surface area (Å²) in [6.45, 7) is 5.12. The van der Waals surface area contributed by atoms with E-state index in [0.29, 0.717) is 6.61 Å². The Labute approximate surface area is 112 Å². The summed E-state index contributed by atoms with van der Waals surface area (Å²) in [5.41, 5.74) is 0. The molecule has 1 fully saturated rings. The Morgan fingerprint density at radius 3 is 3.00 bits per heavy atom. The Morgan fingerprint density at radius 1 is 1.47 bits per heavy atom. The standard InChI is InChI=1S/C13H21N3O3/c1-3-18-12(17)11-15-16-13(19-11)14-7-6-10-5-4-9(2)8-10/h9-10H,3-8H2,1-2H3,(H,14,16). The van der Waals surface area contributed by atoms with E-state index < -0.39 is 5.97 Å². The normalized spacial score (nSPS) is 22.4. The zero-order chi connectivity index (χ0) is 13.7. The fraction of sp³-hybridized carbons (Fsp3) is 0.769. The lowest BCUT2D eigenvalue weighted by Gasteiger charge is -2.08. The van der Waals surface area contributed by atoms with E-state index in [1.807, 2.05) is 0 Å². The fourth-order valence-electron chi connectivity index (χ4n) is 2.54. The van der Waals surface area contributed by atoms with Gasteiger partial charge >= 0.3 is 17.9 Å². The van der Waals surface area contributed by atoms with Gasteiger partial charge in [-0.25, -0.2) is 4.79 Å². The van der Waals surface area contributed by atoms with Crippen molar-refractivity contribution in [2.24, 2.45) is 11.8 Å². The van der Waals surface area contributed by atoms with E-state index in [2.05, 4.69) is 22.4 Å². The molecular formula is C13H21N3O3. The lowest BCUT2D eigenvalue weighted by molar-refractivity contribution is 0.0481. The Kier molecular flexibility index (Phi) is 4.76. The molecule has 2 atom stereocenters. The molecule has 0 aliphatic heterocycles. The summed E-state index contributed by atoms with van der Waals surface area (Å²) in [5, 5.41) is 10.5. The van der Waals surface area contributed by atoms with Gasteiger partial charge in [0.25, 0.3) is 0 Å². The van der Waals surface area contributed by atoms with Crippen molar-refractivity contribution >= 4 is 12.0 Å². The van der Waals surface area contributed by atoms with E-state index in [9.17, 15) is 4.79 Å². The van der Waals surface area contributed by atoms with Crippen LogP contribution in [0.1, 0.15) is 50.2 Å². The molecule has 106 valence electrons. The van der Waals surface area contributed by atoms with Gasteiger partial charge in [0.2, 0.25) is 0 Å². The highest BCUT2D eigenvalue weighted by Gasteiger charge is 2.21. The van der Waals surface area contributed by atoms with E-state index in [1.54, 1.807) is 6.92 Å². The highest BCUT2D eigenvalue weighted by Crippen LogP contribution is 2.32. The molecule has 0 bridgehead atoms. The maximum Gasteiger partial charge on any atom is 0.396 e. The predicted molar refractivity (Wildman–Crippen MR) is 69.9 cm³/mol. The van der Waals surface area contributed by atoms with Gasteiger partial charge in [-0.15, -0.1) is 0 Å². The SMILES string of the molecule is CCOC(=O)c1nnc(NCCC2CCC(C)C2)o1. The van der Waals surface area contributed by atoms with Crippen LogP contribution in [-0.2, 0) is 4.74 Å². The van der Waals surface area contributed by atoms with Crippen molar-refractivity contribution < 1.29 is 13.9 Å². The van der Waals surface area contributed by atoms with Crippen molar-refractivity contribution in [1.82, 2.24) is 10.2 Å². The van der Waals surface area contributed by atoms with Crippen LogP contribution >= 0.6 is 0 Å². The quantitative estimate of drug-likeness (QED) is 0.798. The second-order valence-electron chi connectivity index (χ2n) is 5.13. The van der Waals surface area contributed by atoms with Gasteiger partial charge < -0.3 is 14.5 Å². The number of carbonyl (C=O) groups excluding carboxylic acids is 1. The number of hydrogen-bond acceptors (Lipinski definition) is 6. The Morgan fingerprint density at radius 2 is 2.32 bits per heavy atom. The zero-order valence-corrected chi connectivity index (χ0v) is 11.5. The van der Waals surface area contributed by atoms with Crippen molar-refractivity contribution in [3.63, 3.8) is 0 Å². The van der Waals surface area contributed by atoms with Crippen molar-refractivity contribution in [1.29, 1.82) is 0 Å². The molecule has 1 N–H and O–H groups in total. The van der Waals surface area contributed by atoms with E-state index in [4.69, 9.17) is 9.15 Å². The van der Waals surface area contributed by atoms with Crippen LogP contribution < -0.4 is 5.32 Å². The van der Waals surface area contributed by atoms with Crippen molar-refractivity contribution in [3.8, 4) is 0 Å². The summed E-state index contributed by atoms with van der Waals surface area (Å²) in [4.78, 5) is 11.3. The van der Waals surface area contributed by atoms with Gasteiger partial charge in [-0.3, -0.25) is 0 Å². The summed E-state index contributed by atoms with van der Waals surface area (Å²) >= 11 is 0.